The third-order valence-electron chi connectivity index (χ3n) is 4.36. The van der Waals surface area contributed by atoms with Gasteiger partial charge in [0.05, 0.1) is 6.04 Å². The van der Waals surface area contributed by atoms with E-state index in [2.05, 4.69) is 33.9 Å². The first kappa shape index (κ1) is 28.6. The van der Waals surface area contributed by atoms with Crippen LogP contribution >= 0.6 is 12.6 Å². The second-order valence-electron chi connectivity index (χ2n) is 7.16. The van der Waals surface area contributed by atoms with Gasteiger partial charge in [-0.2, -0.15) is 12.6 Å². The lowest BCUT2D eigenvalue weighted by atomic mass is 10.1. The highest BCUT2D eigenvalue weighted by atomic mass is 32.1. The normalized spacial score (nSPS) is 15.5. The number of hydrogen-bond acceptors (Lipinski definition) is 8. The molecular formula is C18H34N6O6S. The Balaban J connectivity index is 4.57. The molecule has 0 unspecified atom stereocenters. The van der Waals surface area contributed by atoms with Crippen molar-refractivity contribution in [2.45, 2.75) is 70.2 Å². The summed E-state index contributed by atoms with van der Waals surface area (Å²) in [5, 5.41) is 18.5. The monoisotopic (exact) mass is 462 g/mol. The lowest BCUT2D eigenvalue weighted by Crippen LogP contribution is -2.56. The lowest BCUT2D eigenvalue weighted by Gasteiger charge is -2.22. The molecule has 0 bridgehead atoms. The van der Waals surface area contributed by atoms with E-state index in [1.807, 2.05) is 0 Å². The largest absolute Gasteiger partial charge is 0.480 e. The van der Waals surface area contributed by atoms with Crippen molar-refractivity contribution in [2.24, 2.45) is 11.5 Å². The highest BCUT2D eigenvalue weighted by molar-refractivity contribution is 7.80. The van der Waals surface area contributed by atoms with Gasteiger partial charge in [0.1, 0.15) is 24.2 Å². The minimum Gasteiger partial charge on any atom is -0.480 e. The number of amides is 4. The summed E-state index contributed by atoms with van der Waals surface area (Å²) in [6, 6.07) is -4.96. The maximum atomic E-state index is 12.2. The molecule has 178 valence electrons. The number of carboxylic acids is 1. The van der Waals surface area contributed by atoms with Crippen molar-refractivity contribution >= 4 is 42.2 Å². The summed E-state index contributed by atoms with van der Waals surface area (Å²) in [4.78, 5) is 59.5. The van der Waals surface area contributed by atoms with Crippen LogP contribution in [0.15, 0.2) is 0 Å². The van der Waals surface area contributed by atoms with Gasteiger partial charge < -0.3 is 37.8 Å². The van der Waals surface area contributed by atoms with E-state index in [-0.39, 0.29) is 5.75 Å². The third kappa shape index (κ3) is 11.0. The topological polar surface area (TPSA) is 206 Å². The third-order valence-corrected chi connectivity index (χ3v) is 4.72. The minimum atomic E-state index is -1.25. The Morgan fingerprint density at radius 1 is 0.806 bits per heavy atom. The van der Waals surface area contributed by atoms with Crippen LogP contribution in [-0.4, -0.2) is 77.2 Å². The number of hydrogen-bond donors (Lipinski definition) is 8. The van der Waals surface area contributed by atoms with Gasteiger partial charge in [0.2, 0.25) is 23.6 Å². The van der Waals surface area contributed by atoms with E-state index >= 15 is 0 Å². The van der Waals surface area contributed by atoms with Crippen LogP contribution in [0.2, 0.25) is 0 Å². The number of aliphatic carboxylic acids is 1. The molecule has 0 saturated heterocycles. The van der Waals surface area contributed by atoms with E-state index in [1.54, 1.807) is 0 Å². The zero-order valence-electron chi connectivity index (χ0n) is 18.0. The second-order valence-corrected chi connectivity index (χ2v) is 7.53. The molecule has 0 aromatic rings. The minimum absolute atomic E-state index is 0.117. The number of carbonyl (C=O) groups excluding carboxylic acids is 4. The number of nitrogens with one attached hydrogen (secondary N) is 4. The van der Waals surface area contributed by atoms with Crippen LogP contribution in [0.3, 0.4) is 0 Å². The molecule has 9 N–H and O–H groups in total. The van der Waals surface area contributed by atoms with Crippen molar-refractivity contribution in [3.8, 4) is 0 Å². The highest BCUT2D eigenvalue weighted by Crippen LogP contribution is 1.99. The number of rotatable bonds is 14. The Labute approximate surface area is 187 Å². The fourth-order valence-corrected chi connectivity index (χ4v) is 2.56. The molecule has 0 aliphatic rings. The number of carboxylic acid groups (broad SMARTS) is 1. The van der Waals surface area contributed by atoms with Crippen LogP contribution in [0.4, 0.5) is 0 Å². The van der Waals surface area contributed by atoms with Crippen LogP contribution in [0, 0.1) is 0 Å². The predicted octanol–water partition coefficient (Wildman–Crippen LogP) is -2.54. The van der Waals surface area contributed by atoms with Gasteiger partial charge in [-0.15, -0.1) is 0 Å². The SMILES string of the molecule is C[C@H](NC(=O)[C@H](C)NC(=O)[C@@H](N)CCCCN)C(=O)N[C@@H](C)C(=O)N[C@@H](CS)C(=O)O. The first-order valence-corrected chi connectivity index (χ1v) is 10.6. The second kappa shape index (κ2) is 14.6. The molecule has 0 heterocycles. The van der Waals surface area contributed by atoms with Gasteiger partial charge in [-0.05, 0) is 40.2 Å². The Morgan fingerprint density at radius 3 is 1.61 bits per heavy atom. The molecule has 0 saturated carbocycles. The first-order valence-electron chi connectivity index (χ1n) is 9.95. The number of carbonyl (C=O) groups is 5. The molecule has 0 aromatic carbocycles. The molecule has 5 atom stereocenters. The molecule has 4 amide bonds. The zero-order chi connectivity index (χ0) is 24.1. The molecule has 0 aromatic heterocycles. The summed E-state index contributed by atoms with van der Waals surface area (Å²) in [7, 11) is 0. The molecule has 12 nitrogen and oxygen atoms in total. The molecule has 0 aliphatic heterocycles. The maximum Gasteiger partial charge on any atom is 0.327 e. The summed E-state index contributed by atoms with van der Waals surface area (Å²) < 4.78 is 0. The highest BCUT2D eigenvalue weighted by Gasteiger charge is 2.26. The Kier molecular flexibility index (Phi) is 13.5. The van der Waals surface area contributed by atoms with Crippen LogP contribution in [0.5, 0.6) is 0 Å². The first-order chi connectivity index (χ1) is 14.4. The summed E-state index contributed by atoms with van der Waals surface area (Å²) >= 11 is 3.84. The van der Waals surface area contributed by atoms with Crippen molar-refractivity contribution in [1.82, 2.24) is 21.3 Å². The molecule has 0 aliphatic carbocycles. The Hall–Kier alpha value is -2.38. The molecule has 31 heavy (non-hydrogen) atoms. The van der Waals surface area contributed by atoms with Gasteiger partial charge >= 0.3 is 5.97 Å². The number of nitrogens with two attached hydrogens (primary N) is 2. The Morgan fingerprint density at radius 2 is 1.23 bits per heavy atom. The predicted molar refractivity (Wildman–Crippen MR) is 117 cm³/mol. The van der Waals surface area contributed by atoms with E-state index < -0.39 is 59.8 Å². The smallest absolute Gasteiger partial charge is 0.327 e. The van der Waals surface area contributed by atoms with Crippen LogP contribution in [0.1, 0.15) is 40.0 Å². The van der Waals surface area contributed by atoms with E-state index in [1.165, 1.54) is 20.8 Å². The summed E-state index contributed by atoms with van der Waals surface area (Å²) in [6.07, 6.45) is 1.87. The Bertz CT molecular complexity index is 649. The fourth-order valence-electron chi connectivity index (χ4n) is 2.32. The quantitative estimate of drug-likeness (QED) is 0.102. The number of thiol groups is 1. The van der Waals surface area contributed by atoms with Crippen molar-refractivity contribution < 1.29 is 29.1 Å². The van der Waals surface area contributed by atoms with Gasteiger partial charge in [-0.25, -0.2) is 4.79 Å². The average molecular weight is 463 g/mol. The van der Waals surface area contributed by atoms with Crippen molar-refractivity contribution in [1.29, 1.82) is 0 Å². The van der Waals surface area contributed by atoms with Crippen molar-refractivity contribution in [2.75, 3.05) is 12.3 Å². The van der Waals surface area contributed by atoms with Gasteiger partial charge in [0, 0.05) is 5.75 Å². The lowest BCUT2D eigenvalue weighted by molar-refractivity contribution is -0.141. The number of unbranched alkanes of at least 4 members (excludes halogenated alkanes) is 1. The van der Waals surface area contributed by atoms with Crippen LogP contribution in [0.25, 0.3) is 0 Å². The van der Waals surface area contributed by atoms with E-state index in [0.717, 1.165) is 6.42 Å². The molecule has 0 fully saturated rings. The van der Waals surface area contributed by atoms with Gasteiger partial charge in [0.15, 0.2) is 0 Å². The summed E-state index contributed by atoms with van der Waals surface area (Å²) in [5.74, 6) is -3.84. The van der Waals surface area contributed by atoms with E-state index in [4.69, 9.17) is 16.6 Å². The van der Waals surface area contributed by atoms with Crippen molar-refractivity contribution in [3.05, 3.63) is 0 Å². The summed E-state index contributed by atoms with van der Waals surface area (Å²) in [5.41, 5.74) is 11.2. The van der Waals surface area contributed by atoms with Crippen molar-refractivity contribution in [3.63, 3.8) is 0 Å². The molecule has 0 spiro atoms. The average Bonchev–Trinajstić information content (AvgIpc) is 2.70. The fraction of sp³-hybridized carbons (Fsp3) is 0.722. The van der Waals surface area contributed by atoms with Gasteiger partial charge in [-0.3, -0.25) is 19.2 Å². The molecular weight excluding hydrogens is 428 g/mol. The van der Waals surface area contributed by atoms with E-state index in [0.29, 0.717) is 19.4 Å². The maximum absolute atomic E-state index is 12.2. The summed E-state index contributed by atoms with van der Waals surface area (Å²) in [6.45, 7) is 4.72. The van der Waals surface area contributed by atoms with Crippen LogP contribution < -0.4 is 32.7 Å². The molecule has 13 heteroatoms. The molecule has 0 radical (unpaired) electrons. The standard InChI is InChI=1S/C18H34N6O6S/c1-9(14(25)22-11(3)16(27)24-13(8-31)18(29)30)21-15(26)10(2)23-17(28)12(20)6-4-5-7-19/h9-13,31H,4-8,19-20H2,1-3H3,(H,21,26)(H,22,25)(H,23,28)(H,24,27)(H,29,30)/t9-,10-,11-,12-,13-/m0/s1. The molecule has 0 rings (SSSR count). The van der Waals surface area contributed by atoms with Gasteiger partial charge in [-0.1, -0.05) is 6.42 Å². The van der Waals surface area contributed by atoms with Gasteiger partial charge in [0.25, 0.3) is 0 Å². The van der Waals surface area contributed by atoms with Crippen LogP contribution in [-0.2, 0) is 24.0 Å². The van der Waals surface area contributed by atoms with E-state index in [9.17, 15) is 24.0 Å². The zero-order valence-corrected chi connectivity index (χ0v) is 18.9.